The minimum absolute atomic E-state index is 0.0838. The van der Waals surface area contributed by atoms with Crippen molar-refractivity contribution >= 4 is 35.3 Å². The normalized spacial score (nSPS) is 13.4. The van der Waals surface area contributed by atoms with Crippen molar-refractivity contribution in [2.75, 3.05) is 11.2 Å². The van der Waals surface area contributed by atoms with Crippen molar-refractivity contribution < 1.29 is 4.79 Å². The molecule has 4 nitrogen and oxygen atoms in total. The molecule has 1 aromatic heterocycles. The molecule has 0 aliphatic heterocycles. The first kappa shape index (κ1) is 14.0. The zero-order valence-electron chi connectivity index (χ0n) is 12.2. The summed E-state index contributed by atoms with van der Waals surface area (Å²) >= 11 is 5.52. The number of benzene rings is 1. The van der Waals surface area contributed by atoms with Gasteiger partial charge in [0.15, 0.2) is 0 Å². The molecule has 1 heterocycles. The highest BCUT2D eigenvalue weighted by molar-refractivity contribution is 6.29. The van der Waals surface area contributed by atoms with Crippen LogP contribution >= 0.6 is 11.6 Å². The van der Waals surface area contributed by atoms with E-state index in [1.54, 1.807) is 0 Å². The molecular formula is C18H13ClN2O2. The summed E-state index contributed by atoms with van der Waals surface area (Å²) in [7, 11) is 0. The first-order valence-corrected chi connectivity index (χ1v) is 7.85. The van der Waals surface area contributed by atoms with Crippen LogP contribution in [0.15, 0.2) is 35.1 Å². The van der Waals surface area contributed by atoms with Gasteiger partial charge in [0.2, 0.25) is 5.91 Å². The van der Waals surface area contributed by atoms with Crippen LogP contribution in [0.25, 0.3) is 12.2 Å². The lowest BCUT2D eigenvalue weighted by molar-refractivity contribution is -0.113. The van der Waals surface area contributed by atoms with Gasteiger partial charge >= 0.3 is 0 Å². The first-order valence-electron chi connectivity index (χ1n) is 7.31. The first-order chi connectivity index (χ1) is 11.2. The third-order valence-electron chi connectivity index (χ3n) is 4.15. The fourth-order valence-electron chi connectivity index (χ4n) is 3.13. The molecule has 4 rings (SSSR count). The molecule has 0 unspecified atom stereocenters. The van der Waals surface area contributed by atoms with Crippen LogP contribution in [0, 0.1) is 10.6 Å². The van der Waals surface area contributed by atoms with Gasteiger partial charge in [-0.25, -0.2) is 0 Å². The van der Waals surface area contributed by atoms with E-state index in [1.807, 2.05) is 36.4 Å². The summed E-state index contributed by atoms with van der Waals surface area (Å²) in [5.74, 6) is -0.348. The second-order valence-electron chi connectivity index (χ2n) is 5.56. The highest BCUT2D eigenvalue weighted by Gasteiger charge is 2.13. The molecule has 0 fully saturated rings. The van der Waals surface area contributed by atoms with E-state index >= 15 is 0 Å². The van der Waals surface area contributed by atoms with Crippen LogP contribution in [0.4, 0.5) is 5.69 Å². The molecule has 23 heavy (non-hydrogen) atoms. The molecule has 114 valence electrons. The van der Waals surface area contributed by atoms with Crippen LogP contribution in [0.5, 0.6) is 0 Å². The molecule has 0 bridgehead atoms. The van der Waals surface area contributed by atoms with Crippen molar-refractivity contribution in [1.29, 1.82) is 0 Å². The van der Waals surface area contributed by atoms with E-state index in [1.165, 1.54) is 0 Å². The summed E-state index contributed by atoms with van der Waals surface area (Å²) in [4.78, 5) is 26.7. The highest BCUT2D eigenvalue weighted by Crippen LogP contribution is 2.15. The summed E-state index contributed by atoms with van der Waals surface area (Å²) in [6.07, 6.45) is 8.63. The summed E-state index contributed by atoms with van der Waals surface area (Å²) < 4.78 is 0. The SMILES string of the molecule is O=C(CCl)Nc1ccc2c(c1)=c1[nH]c(=O)c3c(c1C=2)CC=CC=3. The van der Waals surface area contributed by atoms with Gasteiger partial charge in [0.05, 0.1) is 5.35 Å². The lowest BCUT2D eigenvalue weighted by Crippen LogP contribution is -2.33. The Kier molecular flexibility index (Phi) is 3.20. The molecule has 2 aromatic rings. The number of pyridine rings is 1. The summed E-state index contributed by atoms with van der Waals surface area (Å²) in [6, 6.07) is 5.64. The van der Waals surface area contributed by atoms with Gasteiger partial charge in [-0.3, -0.25) is 9.59 Å². The Morgan fingerprint density at radius 2 is 2.22 bits per heavy atom. The molecule has 2 N–H and O–H groups in total. The molecule has 0 atom stereocenters. The average molecular weight is 325 g/mol. The maximum Gasteiger partial charge on any atom is 0.256 e. The number of amides is 1. The van der Waals surface area contributed by atoms with Crippen molar-refractivity contribution in [2.24, 2.45) is 0 Å². The van der Waals surface area contributed by atoms with Crippen molar-refractivity contribution in [3.05, 3.63) is 72.8 Å². The monoisotopic (exact) mass is 324 g/mol. The lowest BCUT2D eigenvalue weighted by Gasteiger charge is -2.06. The number of nitrogens with one attached hydrogen (secondary N) is 2. The topological polar surface area (TPSA) is 62.0 Å². The zero-order valence-corrected chi connectivity index (χ0v) is 12.9. The molecule has 1 amide bonds. The second kappa shape index (κ2) is 5.25. The van der Waals surface area contributed by atoms with E-state index in [0.29, 0.717) is 5.69 Å². The molecule has 5 heteroatoms. The van der Waals surface area contributed by atoms with Gasteiger partial charge in [-0.2, -0.15) is 0 Å². The Bertz CT molecular complexity index is 1140. The van der Waals surface area contributed by atoms with Gasteiger partial charge in [-0.1, -0.05) is 18.2 Å². The van der Waals surface area contributed by atoms with Crippen molar-refractivity contribution in [3.63, 3.8) is 0 Å². The quantitative estimate of drug-likeness (QED) is 0.687. The van der Waals surface area contributed by atoms with Gasteiger partial charge in [0, 0.05) is 21.7 Å². The van der Waals surface area contributed by atoms with Gasteiger partial charge in [0.1, 0.15) is 5.88 Å². The minimum Gasteiger partial charge on any atom is -0.325 e. The molecule has 1 aromatic carbocycles. The maximum atomic E-state index is 12.3. The predicted octanol–water partition coefficient (Wildman–Crippen LogP) is 0.874. The molecule has 0 radical (unpaired) electrons. The van der Waals surface area contributed by atoms with Crippen LogP contribution in [0.2, 0.25) is 0 Å². The van der Waals surface area contributed by atoms with E-state index < -0.39 is 0 Å². The Morgan fingerprint density at radius 3 is 3.04 bits per heavy atom. The maximum absolute atomic E-state index is 12.3. The summed E-state index contributed by atoms with van der Waals surface area (Å²) in [6.45, 7) is 0. The predicted molar refractivity (Wildman–Crippen MR) is 90.7 cm³/mol. The number of carbonyl (C=O) groups excluding carboxylic acids is 1. The zero-order chi connectivity index (χ0) is 16.0. The highest BCUT2D eigenvalue weighted by atomic mass is 35.5. The lowest BCUT2D eigenvalue weighted by atomic mass is 10.0. The molecule has 2 aliphatic rings. The number of carbonyl (C=O) groups is 1. The molecule has 2 aliphatic carbocycles. The van der Waals surface area contributed by atoms with E-state index in [-0.39, 0.29) is 17.3 Å². The Morgan fingerprint density at radius 1 is 1.35 bits per heavy atom. The third-order valence-corrected chi connectivity index (χ3v) is 4.39. The van der Waals surface area contributed by atoms with E-state index in [2.05, 4.69) is 16.4 Å². The van der Waals surface area contributed by atoms with Crippen LogP contribution in [0.3, 0.4) is 0 Å². The van der Waals surface area contributed by atoms with Gasteiger partial charge < -0.3 is 10.3 Å². The molecule has 0 spiro atoms. The van der Waals surface area contributed by atoms with Gasteiger partial charge in [-0.15, -0.1) is 11.6 Å². The second-order valence-corrected chi connectivity index (χ2v) is 5.83. The minimum atomic E-state index is -0.257. The number of hydrogen-bond donors (Lipinski definition) is 2. The number of aromatic nitrogens is 1. The fraction of sp³-hybridized carbons (Fsp3) is 0.111. The third kappa shape index (κ3) is 2.23. The van der Waals surface area contributed by atoms with Crippen LogP contribution in [-0.4, -0.2) is 16.8 Å². The van der Waals surface area contributed by atoms with E-state index in [4.69, 9.17) is 11.6 Å². The van der Waals surface area contributed by atoms with Crippen LogP contribution in [0.1, 0.15) is 11.1 Å². The Balaban J connectivity index is 2.03. The Labute approximate surface area is 136 Å². The van der Waals surface area contributed by atoms with E-state index in [9.17, 15) is 9.59 Å². The number of fused-ring (bicyclic) bond motifs is 4. The van der Waals surface area contributed by atoms with Crippen molar-refractivity contribution in [2.45, 2.75) is 6.42 Å². The number of halogens is 1. The van der Waals surface area contributed by atoms with Crippen LogP contribution < -0.4 is 21.3 Å². The van der Waals surface area contributed by atoms with Gasteiger partial charge in [0.25, 0.3) is 5.56 Å². The standard InChI is InChI=1S/C18H13ClN2O2/c19-9-16(22)20-11-6-5-10-7-15-12-3-1-2-4-13(12)18(23)21-17(15)14(10)8-11/h1-2,4-8H,3,9H2,(H,20,22)(H,21,23). The molecular weight excluding hydrogens is 312 g/mol. The number of anilines is 1. The smallest absolute Gasteiger partial charge is 0.256 e. The molecule has 0 saturated carbocycles. The number of allylic oxidation sites excluding steroid dienone is 2. The average Bonchev–Trinajstić information content (AvgIpc) is 2.93. The summed E-state index contributed by atoms with van der Waals surface area (Å²) in [5, 5.41) is 6.23. The number of hydrogen-bond acceptors (Lipinski definition) is 2. The fourth-order valence-corrected chi connectivity index (χ4v) is 3.19. The number of H-pyrrole nitrogens is 1. The van der Waals surface area contributed by atoms with Crippen molar-refractivity contribution in [3.8, 4) is 0 Å². The summed E-state index contributed by atoms with van der Waals surface area (Å²) in [5.41, 5.74) is 2.69. The van der Waals surface area contributed by atoms with Gasteiger partial charge in [-0.05, 0) is 41.5 Å². The van der Waals surface area contributed by atoms with E-state index in [0.717, 1.165) is 38.6 Å². The Hall–Kier alpha value is -2.59. The number of rotatable bonds is 2. The number of aromatic amines is 1. The molecule has 0 saturated heterocycles. The van der Waals surface area contributed by atoms with Crippen LogP contribution in [-0.2, 0) is 11.2 Å². The number of alkyl halides is 1. The van der Waals surface area contributed by atoms with Crippen molar-refractivity contribution in [1.82, 2.24) is 4.98 Å². The largest absolute Gasteiger partial charge is 0.325 e.